The van der Waals surface area contributed by atoms with Crippen molar-refractivity contribution < 1.29 is 9.90 Å². The van der Waals surface area contributed by atoms with E-state index >= 15 is 0 Å². The van der Waals surface area contributed by atoms with Crippen molar-refractivity contribution in [2.45, 2.75) is 26.3 Å². The number of hydrogen-bond acceptors (Lipinski definition) is 3. The number of nitrogens with one attached hydrogen (secondary N) is 1. The smallest absolute Gasteiger partial charge is 0.249 e. The Morgan fingerprint density at radius 2 is 1.90 bits per heavy atom. The minimum atomic E-state index is -0.415. The highest BCUT2D eigenvalue weighted by atomic mass is 16.3. The summed E-state index contributed by atoms with van der Waals surface area (Å²) in [5.74, 6) is -0.147. The van der Waals surface area contributed by atoms with Crippen molar-refractivity contribution in [2.24, 2.45) is 5.73 Å². The molecule has 4 heteroatoms. The number of amides is 1. The minimum absolute atomic E-state index is 0.191. The Morgan fingerprint density at radius 1 is 1.24 bits per heavy atom. The second kappa shape index (κ2) is 6.31. The quantitative estimate of drug-likeness (QED) is 0.790. The second-order valence-corrected chi connectivity index (χ2v) is 5.26. The van der Waals surface area contributed by atoms with Crippen LogP contribution in [-0.2, 0) is 6.42 Å². The van der Waals surface area contributed by atoms with E-state index < -0.39 is 5.91 Å². The summed E-state index contributed by atoms with van der Waals surface area (Å²) >= 11 is 0. The highest BCUT2D eigenvalue weighted by molar-refractivity contribution is 5.95. The van der Waals surface area contributed by atoms with Crippen molar-refractivity contribution in [3.8, 4) is 5.75 Å². The molecule has 4 nitrogen and oxygen atoms in total. The lowest BCUT2D eigenvalue weighted by atomic mass is 10.0. The summed E-state index contributed by atoms with van der Waals surface area (Å²) in [5, 5.41) is 12.7. The summed E-state index contributed by atoms with van der Waals surface area (Å²) < 4.78 is 0. The molecule has 4 N–H and O–H groups in total. The van der Waals surface area contributed by atoms with Crippen LogP contribution in [0.25, 0.3) is 0 Å². The summed E-state index contributed by atoms with van der Waals surface area (Å²) in [6, 6.07) is 12.9. The predicted molar refractivity (Wildman–Crippen MR) is 84.6 cm³/mol. The first kappa shape index (κ1) is 14.9. The van der Waals surface area contributed by atoms with Gasteiger partial charge in [-0.25, -0.2) is 0 Å². The van der Waals surface area contributed by atoms with Gasteiger partial charge in [0.05, 0.1) is 0 Å². The van der Waals surface area contributed by atoms with Crippen molar-refractivity contribution in [1.29, 1.82) is 0 Å². The lowest BCUT2D eigenvalue weighted by Crippen LogP contribution is -2.20. The van der Waals surface area contributed by atoms with E-state index in [9.17, 15) is 9.90 Å². The van der Waals surface area contributed by atoms with Crippen LogP contribution in [0.3, 0.4) is 0 Å². The number of anilines is 1. The number of carbonyl (C=O) groups is 1. The van der Waals surface area contributed by atoms with E-state index in [4.69, 9.17) is 5.73 Å². The molecule has 2 aromatic rings. The third-order valence-corrected chi connectivity index (χ3v) is 3.48. The molecular weight excluding hydrogens is 264 g/mol. The first-order valence-electron chi connectivity index (χ1n) is 6.91. The molecule has 2 aromatic carbocycles. The Morgan fingerprint density at radius 3 is 2.52 bits per heavy atom. The van der Waals surface area contributed by atoms with E-state index in [2.05, 4.69) is 12.2 Å². The van der Waals surface area contributed by atoms with Crippen LogP contribution in [-0.4, -0.2) is 17.1 Å². The number of benzene rings is 2. The number of hydrogen-bond donors (Lipinski definition) is 3. The van der Waals surface area contributed by atoms with Gasteiger partial charge in [0.1, 0.15) is 5.75 Å². The van der Waals surface area contributed by atoms with E-state index in [-0.39, 0.29) is 11.8 Å². The van der Waals surface area contributed by atoms with E-state index in [1.807, 2.05) is 31.2 Å². The molecule has 0 saturated heterocycles. The number of primary amides is 1. The number of aromatic hydroxyl groups is 1. The van der Waals surface area contributed by atoms with Gasteiger partial charge in [0, 0.05) is 17.3 Å². The molecule has 2 rings (SSSR count). The normalized spacial score (nSPS) is 11.9. The highest BCUT2D eigenvalue weighted by Gasteiger charge is 2.10. The van der Waals surface area contributed by atoms with Crippen LogP contribution in [0.5, 0.6) is 5.75 Å². The zero-order chi connectivity index (χ0) is 15.4. The molecule has 0 bridgehead atoms. The van der Waals surface area contributed by atoms with Crippen LogP contribution >= 0.6 is 0 Å². The average molecular weight is 284 g/mol. The monoisotopic (exact) mass is 284 g/mol. The molecule has 0 radical (unpaired) electrons. The van der Waals surface area contributed by atoms with E-state index in [0.717, 1.165) is 23.2 Å². The van der Waals surface area contributed by atoms with Crippen LogP contribution in [0.2, 0.25) is 0 Å². The van der Waals surface area contributed by atoms with Crippen molar-refractivity contribution in [3.05, 3.63) is 59.2 Å². The highest BCUT2D eigenvalue weighted by Crippen LogP contribution is 2.20. The van der Waals surface area contributed by atoms with Gasteiger partial charge in [-0.3, -0.25) is 4.79 Å². The Balaban J connectivity index is 2.09. The fourth-order valence-electron chi connectivity index (χ4n) is 2.36. The second-order valence-electron chi connectivity index (χ2n) is 5.26. The molecule has 1 atom stereocenters. The third kappa shape index (κ3) is 3.75. The van der Waals surface area contributed by atoms with Crippen LogP contribution < -0.4 is 11.1 Å². The van der Waals surface area contributed by atoms with Crippen LogP contribution in [0.4, 0.5) is 5.69 Å². The van der Waals surface area contributed by atoms with E-state index in [1.54, 1.807) is 18.2 Å². The molecule has 1 amide bonds. The topological polar surface area (TPSA) is 75.3 Å². The average Bonchev–Trinajstić information content (AvgIpc) is 2.43. The van der Waals surface area contributed by atoms with Gasteiger partial charge in [-0.15, -0.1) is 0 Å². The van der Waals surface area contributed by atoms with Crippen LogP contribution in [0.1, 0.15) is 28.4 Å². The van der Waals surface area contributed by atoms with Gasteiger partial charge in [-0.2, -0.15) is 0 Å². The zero-order valence-electron chi connectivity index (χ0n) is 12.3. The summed E-state index contributed by atoms with van der Waals surface area (Å²) in [4.78, 5) is 11.4. The molecule has 21 heavy (non-hydrogen) atoms. The maximum atomic E-state index is 11.4. The maximum absolute atomic E-state index is 11.4. The Bertz CT molecular complexity index is 636. The summed E-state index contributed by atoms with van der Waals surface area (Å²) in [5.41, 5.74) is 8.81. The Kier molecular flexibility index (Phi) is 4.48. The van der Waals surface area contributed by atoms with Gasteiger partial charge in [0.2, 0.25) is 5.91 Å². The molecule has 0 heterocycles. The first-order valence-corrected chi connectivity index (χ1v) is 6.91. The summed E-state index contributed by atoms with van der Waals surface area (Å²) in [7, 11) is 0. The van der Waals surface area contributed by atoms with E-state index in [0.29, 0.717) is 5.56 Å². The molecule has 0 aromatic heterocycles. The minimum Gasteiger partial charge on any atom is -0.508 e. The van der Waals surface area contributed by atoms with Crippen molar-refractivity contribution in [2.75, 3.05) is 5.32 Å². The van der Waals surface area contributed by atoms with E-state index in [1.165, 1.54) is 0 Å². The van der Waals surface area contributed by atoms with Crippen molar-refractivity contribution in [1.82, 2.24) is 0 Å². The molecule has 0 aliphatic carbocycles. The summed E-state index contributed by atoms with van der Waals surface area (Å²) in [6.07, 6.45) is 0.820. The zero-order valence-corrected chi connectivity index (χ0v) is 12.3. The number of phenols is 1. The van der Waals surface area contributed by atoms with Crippen LogP contribution in [0.15, 0.2) is 42.5 Å². The Hall–Kier alpha value is -2.49. The van der Waals surface area contributed by atoms with Gasteiger partial charge < -0.3 is 16.2 Å². The lowest BCUT2D eigenvalue weighted by Gasteiger charge is -2.18. The number of rotatable bonds is 5. The van der Waals surface area contributed by atoms with Crippen molar-refractivity contribution >= 4 is 11.6 Å². The fourth-order valence-corrected chi connectivity index (χ4v) is 2.36. The van der Waals surface area contributed by atoms with Gasteiger partial charge in [-0.1, -0.05) is 18.2 Å². The fraction of sp³-hybridized carbons (Fsp3) is 0.235. The molecule has 1 unspecified atom stereocenters. The van der Waals surface area contributed by atoms with Gasteiger partial charge in [-0.05, 0) is 55.7 Å². The molecular formula is C17H20N2O2. The predicted octanol–water partition coefficient (Wildman–Crippen LogP) is 2.84. The maximum Gasteiger partial charge on any atom is 0.249 e. The van der Waals surface area contributed by atoms with Gasteiger partial charge in [0.15, 0.2) is 0 Å². The number of phenolic OH excluding ortho intramolecular Hbond substituents is 1. The van der Waals surface area contributed by atoms with Gasteiger partial charge >= 0.3 is 0 Å². The lowest BCUT2D eigenvalue weighted by molar-refractivity contribution is 0.0999. The Labute approximate surface area is 124 Å². The number of nitrogens with two attached hydrogens (primary N) is 1. The van der Waals surface area contributed by atoms with Crippen LogP contribution in [0, 0.1) is 6.92 Å². The largest absolute Gasteiger partial charge is 0.508 e. The SMILES string of the molecule is Cc1c(NC(C)Cc2ccc(O)cc2)cccc1C(N)=O. The molecule has 110 valence electrons. The van der Waals surface area contributed by atoms with Crippen molar-refractivity contribution in [3.63, 3.8) is 0 Å². The third-order valence-electron chi connectivity index (χ3n) is 3.48. The molecule has 0 aliphatic rings. The summed E-state index contributed by atoms with van der Waals surface area (Å²) in [6.45, 7) is 3.96. The molecule has 0 fully saturated rings. The molecule has 0 saturated carbocycles. The number of carbonyl (C=O) groups excluding carboxylic acids is 1. The molecule has 0 aliphatic heterocycles. The standard InChI is InChI=1S/C17H20N2O2/c1-11(10-13-6-8-14(20)9-7-13)19-16-5-3-4-15(12(16)2)17(18)21/h3-9,11,19-20H,10H2,1-2H3,(H2,18,21). The van der Waals surface area contributed by atoms with Gasteiger partial charge in [0.25, 0.3) is 0 Å². The first-order chi connectivity index (χ1) is 9.97. The molecule has 0 spiro atoms.